The summed E-state index contributed by atoms with van der Waals surface area (Å²) in [7, 11) is 1.71. The van der Waals surface area contributed by atoms with Crippen LogP contribution in [0, 0.1) is 0 Å². The first kappa shape index (κ1) is 11.9. The van der Waals surface area contributed by atoms with Crippen LogP contribution in [0.4, 0.5) is 5.82 Å². The zero-order chi connectivity index (χ0) is 13.1. The molecule has 98 valence electrons. The Labute approximate surface area is 111 Å². The minimum absolute atomic E-state index is 0.746. The zero-order valence-electron chi connectivity index (χ0n) is 10.8. The van der Waals surface area contributed by atoms with E-state index in [9.17, 15) is 0 Å². The number of fused-ring (bicyclic) bond motifs is 3. The first-order valence-electron chi connectivity index (χ1n) is 6.34. The third-order valence-corrected chi connectivity index (χ3v) is 3.07. The fourth-order valence-corrected chi connectivity index (χ4v) is 2.16. The van der Waals surface area contributed by atoms with Gasteiger partial charge in [-0.15, -0.1) is 0 Å². The molecule has 0 aliphatic heterocycles. The minimum atomic E-state index is 0.746. The number of methoxy groups -OCH3 is 1. The second-order valence-electron chi connectivity index (χ2n) is 4.37. The fourth-order valence-electron chi connectivity index (χ4n) is 2.16. The number of para-hydroxylation sites is 2. The van der Waals surface area contributed by atoms with Gasteiger partial charge in [0.2, 0.25) is 0 Å². The molecule has 2 aromatic heterocycles. The van der Waals surface area contributed by atoms with E-state index in [1.807, 2.05) is 36.8 Å². The molecule has 5 heteroatoms. The maximum Gasteiger partial charge on any atom is 0.152 e. The molecule has 1 aromatic carbocycles. The quantitative estimate of drug-likeness (QED) is 0.712. The van der Waals surface area contributed by atoms with Crippen LogP contribution in [-0.4, -0.2) is 34.6 Å². The van der Waals surface area contributed by atoms with Gasteiger partial charge in [-0.1, -0.05) is 12.1 Å². The van der Waals surface area contributed by atoms with Crippen molar-refractivity contribution in [2.45, 2.75) is 6.42 Å². The van der Waals surface area contributed by atoms with E-state index in [-0.39, 0.29) is 0 Å². The lowest BCUT2D eigenvalue weighted by Gasteiger charge is -2.09. The van der Waals surface area contributed by atoms with E-state index in [2.05, 4.69) is 19.7 Å². The van der Waals surface area contributed by atoms with E-state index in [0.717, 1.165) is 41.9 Å². The Morgan fingerprint density at radius 1 is 1.26 bits per heavy atom. The molecule has 2 heterocycles. The lowest BCUT2D eigenvalue weighted by Crippen LogP contribution is -2.07. The molecule has 5 nitrogen and oxygen atoms in total. The summed E-state index contributed by atoms with van der Waals surface area (Å²) in [5.74, 6) is 0.868. The Morgan fingerprint density at radius 2 is 2.16 bits per heavy atom. The van der Waals surface area contributed by atoms with Gasteiger partial charge in [0.15, 0.2) is 5.82 Å². The highest BCUT2D eigenvalue weighted by molar-refractivity contribution is 5.83. The second-order valence-corrected chi connectivity index (χ2v) is 4.37. The van der Waals surface area contributed by atoms with Crippen LogP contribution in [-0.2, 0) is 4.74 Å². The maximum absolute atomic E-state index is 5.04. The summed E-state index contributed by atoms with van der Waals surface area (Å²) in [5.41, 5.74) is 3.02. The van der Waals surface area contributed by atoms with Gasteiger partial charge >= 0.3 is 0 Å². The molecule has 0 unspecified atom stereocenters. The molecule has 0 saturated carbocycles. The van der Waals surface area contributed by atoms with Crippen LogP contribution < -0.4 is 5.32 Å². The zero-order valence-corrected chi connectivity index (χ0v) is 10.8. The summed E-state index contributed by atoms with van der Waals surface area (Å²) in [6.45, 7) is 1.58. The fraction of sp³-hybridized carbons (Fsp3) is 0.286. The average Bonchev–Trinajstić information content (AvgIpc) is 2.93. The molecule has 0 amide bonds. The van der Waals surface area contributed by atoms with Gasteiger partial charge in [-0.25, -0.2) is 9.97 Å². The van der Waals surface area contributed by atoms with Gasteiger partial charge in [0.1, 0.15) is 5.52 Å². The highest BCUT2D eigenvalue weighted by Gasteiger charge is 2.07. The van der Waals surface area contributed by atoms with Crippen LogP contribution >= 0.6 is 0 Å². The number of anilines is 1. The van der Waals surface area contributed by atoms with Gasteiger partial charge in [-0.3, -0.25) is 4.40 Å². The van der Waals surface area contributed by atoms with Crippen molar-refractivity contribution >= 4 is 22.4 Å². The van der Waals surface area contributed by atoms with Crippen molar-refractivity contribution in [1.29, 1.82) is 0 Å². The Kier molecular flexibility index (Phi) is 3.29. The molecular weight excluding hydrogens is 240 g/mol. The normalized spacial score (nSPS) is 11.2. The van der Waals surface area contributed by atoms with Crippen molar-refractivity contribution in [3.05, 3.63) is 36.8 Å². The lowest BCUT2D eigenvalue weighted by atomic mass is 10.3. The number of imidazole rings is 1. The number of rotatable bonds is 5. The molecule has 1 N–H and O–H groups in total. The van der Waals surface area contributed by atoms with E-state index in [4.69, 9.17) is 4.74 Å². The van der Waals surface area contributed by atoms with Gasteiger partial charge < -0.3 is 10.1 Å². The molecule has 0 fully saturated rings. The highest BCUT2D eigenvalue weighted by atomic mass is 16.5. The summed E-state index contributed by atoms with van der Waals surface area (Å²) in [5, 5.41) is 3.35. The van der Waals surface area contributed by atoms with Crippen LogP contribution in [0.2, 0.25) is 0 Å². The van der Waals surface area contributed by atoms with Crippen LogP contribution in [0.15, 0.2) is 36.8 Å². The number of ether oxygens (including phenoxy) is 1. The molecule has 0 atom stereocenters. The smallest absolute Gasteiger partial charge is 0.152 e. The molecule has 3 aromatic rings. The van der Waals surface area contributed by atoms with Gasteiger partial charge in [-0.2, -0.15) is 0 Å². The number of hydrogen-bond donors (Lipinski definition) is 1. The number of nitrogens with zero attached hydrogens (tertiary/aromatic N) is 3. The Hall–Kier alpha value is -2.14. The Morgan fingerprint density at radius 3 is 3.05 bits per heavy atom. The number of hydrogen-bond acceptors (Lipinski definition) is 4. The van der Waals surface area contributed by atoms with E-state index < -0.39 is 0 Å². The van der Waals surface area contributed by atoms with E-state index in [1.54, 1.807) is 7.11 Å². The van der Waals surface area contributed by atoms with Crippen molar-refractivity contribution < 1.29 is 4.74 Å². The third kappa shape index (κ3) is 2.24. The monoisotopic (exact) mass is 256 g/mol. The van der Waals surface area contributed by atoms with Crippen LogP contribution in [0.25, 0.3) is 16.6 Å². The maximum atomic E-state index is 5.04. The standard InChI is InChI=1S/C14H16N4O/c1-19-8-4-7-16-14-13-9-15-10-18(13)12-6-3-2-5-11(12)17-14/h2-3,5-6,9-10H,4,7-8H2,1H3,(H,16,17). The third-order valence-electron chi connectivity index (χ3n) is 3.07. The molecule has 0 spiro atoms. The van der Waals surface area contributed by atoms with Crippen molar-refractivity contribution in [2.24, 2.45) is 0 Å². The first-order valence-corrected chi connectivity index (χ1v) is 6.34. The molecular formula is C14H16N4O. The minimum Gasteiger partial charge on any atom is -0.385 e. The molecule has 3 rings (SSSR count). The molecule has 19 heavy (non-hydrogen) atoms. The highest BCUT2D eigenvalue weighted by Crippen LogP contribution is 2.20. The predicted molar refractivity (Wildman–Crippen MR) is 75.5 cm³/mol. The predicted octanol–water partition coefficient (Wildman–Crippen LogP) is 2.33. The van der Waals surface area contributed by atoms with E-state index >= 15 is 0 Å². The topological polar surface area (TPSA) is 51.5 Å². The first-order chi connectivity index (χ1) is 9.40. The number of benzene rings is 1. The van der Waals surface area contributed by atoms with Gasteiger partial charge in [-0.05, 0) is 18.6 Å². The summed E-state index contributed by atoms with van der Waals surface area (Å²) < 4.78 is 7.10. The number of nitrogens with one attached hydrogen (secondary N) is 1. The molecule has 0 saturated heterocycles. The number of aromatic nitrogens is 3. The SMILES string of the molecule is COCCCNc1nc2ccccc2n2cncc12. The van der Waals surface area contributed by atoms with Crippen LogP contribution in [0.5, 0.6) is 0 Å². The van der Waals surface area contributed by atoms with Crippen LogP contribution in [0.1, 0.15) is 6.42 Å². The van der Waals surface area contributed by atoms with Crippen molar-refractivity contribution in [3.8, 4) is 0 Å². The average molecular weight is 256 g/mol. The molecule has 0 bridgehead atoms. The molecule has 0 aliphatic carbocycles. The Bertz CT molecular complexity index is 692. The summed E-state index contributed by atoms with van der Waals surface area (Å²) >= 11 is 0. The van der Waals surface area contributed by atoms with Gasteiger partial charge in [0.25, 0.3) is 0 Å². The summed E-state index contributed by atoms with van der Waals surface area (Å²) in [4.78, 5) is 8.88. The van der Waals surface area contributed by atoms with E-state index in [1.165, 1.54) is 0 Å². The van der Waals surface area contributed by atoms with Crippen molar-refractivity contribution in [1.82, 2.24) is 14.4 Å². The van der Waals surface area contributed by atoms with Crippen molar-refractivity contribution in [2.75, 3.05) is 25.6 Å². The summed E-state index contributed by atoms with van der Waals surface area (Å²) in [6.07, 6.45) is 4.60. The molecule has 0 aliphatic rings. The van der Waals surface area contributed by atoms with Crippen LogP contribution in [0.3, 0.4) is 0 Å². The van der Waals surface area contributed by atoms with Gasteiger partial charge in [0.05, 0.1) is 23.6 Å². The lowest BCUT2D eigenvalue weighted by molar-refractivity contribution is 0.198. The van der Waals surface area contributed by atoms with Gasteiger partial charge in [0, 0.05) is 20.3 Å². The van der Waals surface area contributed by atoms with E-state index in [0.29, 0.717) is 0 Å². The second kappa shape index (κ2) is 5.24. The Balaban J connectivity index is 1.99. The summed E-state index contributed by atoms with van der Waals surface area (Å²) in [6, 6.07) is 8.06. The van der Waals surface area contributed by atoms with Crippen molar-refractivity contribution in [3.63, 3.8) is 0 Å². The molecule has 0 radical (unpaired) electrons. The largest absolute Gasteiger partial charge is 0.385 e.